The fourth-order valence-electron chi connectivity index (χ4n) is 1.15. The second-order valence-electron chi connectivity index (χ2n) is 3.50. The fraction of sp³-hybridized carbons (Fsp3) is 0.778. The van der Waals surface area contributed by atoms with E-state index in [9.17, 15) is 18.0 Å². The Balaban J connectivity index is 4.65. The van der Waals surface area contributed by atoms with Crippen LogP contribution in [0.1, 0.15) is 20.3 Å². The summed E-state index contributed by atoms with van der Waals surface area (Å²) < 4.78 is 36.6. The predicted molar refractivity (Wildman–Crippen MR) is 58.9 cm³/mol. The van der Waals surface area contributed by atoms with Crippen molar-refractivity contribution in [3.05, 3.63) is 0 Å². The van der Waals surface area contributed by atoms with Gasteiger partial charge in [0.15, 0.2) is 0 Å². The number of alkyl halides is 3. The molecular weight excluding hydrogens is 241 g/mol. The quantitative estimate of drug-likeness (QED) is 0.762. The maximum absolute atomic E-state index is 12.2. The van der Waals surface area contributed by atoms with E-state index in [0.29, 0.717) is 6.42 Å². The van der Waals surface area contributed by atoms with Gasteiger partial charge in [-0.1, -0.05) is 19.1 Å². The van der Waals surface area contributed by atoms with E-state index in [1.165, 1.54) is 6.92 Å². The van der Waals surface area contributed by atoms with E-state index in [1.54, 1.807) is 6.92 Å². The molecule has 0 saturated heterocycles. The highest BCUT2D eigenvalue weighted by Gasteiger charge is 2.34. The number of nitrogens with two attached hydrogens (primary N) is 1. The number of amides is 1. The van der Waals surface area contributed by atoms with E-state index in [4.69, 9.17) is 5.73 Å². The van der Waals surface area contributed by atoms with Crippen molar-refractivity contribution in [1.82, 2.24) is 4.90 Å². The van der Waals surface area contributed by atoms with E-state index in [2.05, 4.69) is 12.2 Å². The summed E-state index contributed by atoms with van der Waals surface area (Å²) in [5.74, 6) is -1.53. The summed E-state index contributed by atoms with van der Waals surface area (Å²) in [6, 6.07) is 0. The molecule has 0 saturated carbocycles. The third-order valence-electron chi connectivity index (χ3n) is 1.97. The first-order chi connectivity index (χ1) is 7.19. The van der Waals surface area contributed by atoms with E-state index in [1.807, 2.05) is 0 Å². The molecule has 16 heavy (non-hydrogen) atoms. The fourth-order valence-corrected chi connectivity index (χ4v) is 1.25. The van der Waals surface area contributed by atoms with Crippen LogP contribution in [0.5, 0.6) is 0 Å². The van der Waals surface area contributed by atoms with Gasteiger partial charge < -0.3 is 10.6 Å². The highest BCUT2D eigenvalue weighted by molar-refractivity contribution is 7.80. The van der Waals surface area contributed by atoms with Crippen LogP contribution in [-0.4, -0.2) is 35.1 Å². The molecule has 0 spiro atoms. The minimum absolute atomic E-state index is 0.0469. The molecule has 1 unspecified atom stereocenters. The molecule has 2 N–H and O–H groups in total. The Kier molecular flexibility index (Phi) is 5.71. The van der Waals surface area contributed by atoms with Gasteiger partial charge in [0.05, 0.1) is 10.9 Å². The Hall–Kier alpha value is -0.850. The summed E-state index contributed by atoms with van der Waals surface area (Å²) in [6.07, 6.45) is -3.95. The number of hydrogen-bond donors (Lipinski definition) is 1. The summed E-state index contributed by atoms with van der Waals surface area (Å²) in [5.41, 5.74) is 5.24. The molecule has 1 atom stereocenters. The smallest absolute Gasteiger partial charge is 0.393 e. The summed E-state index contributed by atoms with van der Waals surface area (Å²) in [7, 11) is 0. The molecule has 0 aromatic carbocycles. The van der Waals surface area contributed by atoms with Crippen LogP contribution in [0.4, 0.5) is 13.2 Å². The molecule has 94 valence electrons. The highest BCUT2D eigenvalue weighted by atomic mass is 32.1. The molecule has 0 bridgehead atoms. The topological polar surface area (TPSA) is 46.3 Å². The molecule has 0 fully saturated rings. The largest absolute Gasteiger partial charge is 0.406 e. The van der Waals surface area contributed by atoms with Crippen molar-refractivity contribution in [2.24, 2.45) is 11.7 Å². The van der Waals surface area contributed by atoms with Gasteiger partial charge in [0.1, 0.15) is 6.54 Å². The summed E-state index contributed by atoms with van der Waals surface area (Å²) in [6.45, 7) is 1.89. The normalized spacial score (nSPS) is 13.3. The molecular formula is C9H15F3N2OS. The first kappa shape index (κ1) is 15.2. The summed E-state index contributed by atoms with van der Waals surface area (Å²) in [4.78, 5) is 12.3. The average molecular weight is 256 g/mol. The lowest BCUT2D eigenvalue weighted by Crippen LogP contribution is -2.44. The number of nitrogens with zero attached hydrogens (tertiary/aromatic N) is 1. The first-order valence-corrected chi connectivity index (χ1v) is 5.24. The van der Waals surface area contributed by atoms with Crippen molar-refractivity contribution < 1.29 is 18.0 Å². The van der Waals surface area contributed by atoms with Crippen LogP contribution >= 0.6 is 12.2 Å². The first-order valence-electron chi connectivity index (χ1n) is 4.84. The van der Waals surface area contributed by atoms with Crippen molar-refractivity contribution in [3.63, 3.8) is 0 Å². The SMILES string of the molecule is CCCN(CC(F)(F)F)C(=O)C(C)C(N)=S. The zero-order valence-electron chi connectivity index (χ0n) is 9.17. The Bertz CT molecular complexity index is 268. The lowest BCUT2D eigenvalue weighted by molar-refractivity contribution is -0.162. The van der Waals surface area contributed by atoms with Crippen LogP contribution in [0.25, 0.3) is 0 Å². The maximum atomic E-state index is 12.2. The number of rotatable bonds is 5. The Morgan fingerprint density at radius 3 is 2.31 bits per heavy atom. The third-order valence-corrected chi connectivity index (χ3v) is 2.33. The van der Waals surface area contributed by atoms with Gasteiger partial charge in [-0.25, -0.2) is 0 Å². The van der Waals surface area contributed by atoms with Crippen LogP contribution in [0.2, 0.25) is 0 Å². The lowest BCUT2D eigenvalue weighted by atomic mass is 10.1. The van der Waals surface area contributed by atoms with Gasteiger partial charge >= 0.3 is 6.18 Å². The number of carbonyl (C=O) groups excluding carboxylic acids is 1. The molecule has 0 aliphatic rings. The second kappa shape index (κ2) is 6.03. The zero-order chi connectivity index (χ0) is 12.9. The monoisotopic (exact) mass is 256 g/mol. The van der Waals surface area contributed by atoms with Gasteiger partial charge in [0, 0.05) is 6.54 Å². The molecule has 0 aromatic rings. The predicted octanol–water partition coefficient (Wildman–Crippen LogP) is 1.71. The molecule has 3 nitrogen and oxygen atoms in total. The summed E-state index contributed by atoms with van der Waals surface area (Å²) >= 11 is 4.59. The average Bonchev–Trinajstić information content (AvgIpc) is 2.12. The molecule has 1 amide bonds. The van der Waals surface area contributed by atoms with E-state index >= 15 is 0 Å². The molecule has 0 rings (SSSR count). The number of halogens is 3. The van der Waals surface area contributed by atoms with Crippen LogP contribution < -0.4 is 5.73 Å². The van der Waals surface area contributed by atoms with Gasteiger partial charge in [-0.05, 0) is 13.3 Å². The number of thiocarbonyl (C=S) groups is 1. The summed E-state index contributed by atoms with van der Waals surface area (Å²) in [5, 5.41) is 0. The van der Waals surface area contributed by atoms with Crippen molar-refractivity contribution in [1.29, 1.82) is 0 Å². The van der Waals surface area contributed by atoms with Gasteiger partial charge in [0.2, 0.25) is 5.91 Å². The third kappa shape index (κ3) is 5.29. The van der Waals surface area contributed by atoms with E-state index < -0.39 is 24.5 Å². The van der Waals surface area contributed by atoms with Gasteiger partial charge in [-0.2, -0.15) is 13.2 Å². The van der Waals surface area contributed by atoms with Crippen LogP contribution in [-0.2, 0) is 4.79 Å². The van der Waals surface area contributed by atoms with Gasteiger partial charge in [-0.3, -0.25) is 4.79 Å². The molecule has 0 aromatic heterocycles. The molecule has 0 aliphatic carbocycles. The van der Waals surface area contributed by atoms with E-state index in [0.717, 1.165) is 4.90 Å². The molecule has 0 radical (unpaired) electrons. The maximum Gasteiger partial charge on any atom is 0.406 e. The van der Waals surface area contributed by atoms with Crippen LogP contribution in [0.15, 0.2) is 0 Å². The second-order valence-corrected chi connectivity index (χ2v) is 3.97. The van der Waals surface area contributed by atoms with Gasteiger partial charge in [-0.15, -0.1) is 0 Å². The standard InChI is InChI=1S/C9H15F3N2OS/c1-3-4-14(5-9(10,11)12)8(15)6(2)7(13)16/h6H,3-5H2,1-2H3,(H2,13,16). The van der Waals surface area contributed by atoms with E-state index in [-0.39, 0.29) is 11.5 Å². The minimum Gasteiger partial charge on any atom is -0.393 e. The van der Waals surface area contributed by atoms with Crippen LogP contribution in [0, 0.1) is 5.92 Å². The van der Waals surface area contributed by atoms with Crippen molar-refractivity contribution in [3.8, 4) is 0 Å². The van der Waals surface area contributed by atoms with Crippen molar-refractivity contribution in [2.45, 2.75) is 26.4 Å². The van der Waals surface area contributed by atoms with Crippen molar-refractivity contribution >= 4 is 23.1 Å². The lowest BCUT2D eigenvalue weighted by Gasteiger charge is -2.25. The Labute approximate surface area is 97.8 Å². The van der Waals surface area contributed by atoms with Gasteiger partial charge in [0.25, 0.3) is 0 Å². The van der Waals surface area contributed by atoms with Crippen molar-refractivity contribution in [2.75, 3.05) is 13.1 Å². The zero-order valence-corrected chi connectivity index (χ0v) is 9.99. The number of hydrogen-bond acceptors (Lipinski definition) is 2. The number of carbonyl (C=O) groups is 1. The van der Waals surface area contributed by atoms with Crippen LogP contribution in [0.3, 0.4) is 0 Å². The molecule has 7 heteroatoms. The Morgan fingerprint density at radius 2 is 2.00 bits per heavy atom. The minimum atomic E-state index is -4.40. The molecule has 0 heterocycles. The molecule has 0 aliphatic heterocycles. The Morgan fingerprint density at radius 1 is 1.50 bits per heavy atom. The highest BCUT2D eigenvalue weighted by Crippen LogP contribution is 2.18.